The maximum atomic E-state index is 15.5. The van der Waals surface area contributed by atoms with Crippen molar-refractivity contribution >= 4 is 45.6 Å². The van der Waals surface area contributed by atoms with Crippen LogP contribution >= 0.6 is 0 Å². The van der Waals surface area contributed by atoms with Gasteiger partial charge in [0.1, 0.15) is 47.2 Å². The van der Waals surface area contributed by atoms with Crippen LogP contribution in [0.2, 0.25) is 0 Å². The van der Waals surface area contributed by atoms with Gasteiger partial charge in [0, 0.05) is 69.6 Å². The number of hydrogen-bond donors (Lipinski definition) is 0. The standard InChI is InChI=1S/C44H45F3N12O4/c1-4-62-29-20-54(3)41(60)37-17-28(63-44-48-11-9-33(51-44)30-14-26(46)16-34-38(30)56(22-29)23(2)50-34)21-57(37)39-31-18-49-59(35-8-5-25(45)15-32(35)47)40(31)53-43(52-39)58-19-24-10-12-55(27-6-7-27)42(61)36(58)13-24/h5,8-9,11,14-16,18,24,27-29,36-37H,4,6-7,10,12-13,17,19-22H2,1-3H3/t24?,28-,29-,36+,37-/m0/s1. The summed E-state index contributed by atoms with van der Waals surface area (Å²) in [6.45, 7) is 6.03. The van der Waals surface area contributed by atoms with Crippen molar-refractivity contribution in [3.8, 4) is 23.0 Å². The first-order valence-corrected chi connectivity index (χ1v) is 21.6. The summed E-state index contributed by atoms with van der Waals surface area (Å²) < 4.78 is 61.0. The summed E-state index contributed by atoms with van der Waals surface area (Å²) in [5.41, 5.74) is 2.25. The van der Waals surface area contributed by atoms with E-state index in [-0.39, 0.29) is 66.6 Å². The molecule has 19 heteroatoms. The highest BCUT2D eigenvalue weighted by Gasteiger charge is 2.48. The van der Waals surface area contributed by atoms with Crippen molar-refractivity contribution < 1.29 is 32.2 Å². The minimum Gasteiger partial charge on any atom is -0.458 e. The number of likely N-dealkylation sites (N-methyl/N-ethyl adjacent to an activating group) is 1. The summed E-state index contributed by atoms with van der Waals surface area (Å²) in [6, 6.07) is 6.67. The highest BCUT2D eigenvalue weighted by Crippen LogP contribution is 2.41. The molecule has 0 N–H and O–H groups in total. The number of rotatable bonds is 6. The van der Waals surface area contributed by atoms with Crippen molar-refractivity contribution in [1.29, 1.82) is 0 Å². The first-order chi connectivity index (χ1) is 30.5. The van der Waals surface area contributed by atoms with E-state index in [0.29, 0.717) is 65.4 Å². The zero-order chi connectivity index (χ0) is 43.3. The van der Waals surface area contributed by atoms with Gasteiger partial charge in [-0.05, 0) is 69.7 Å². The molecule has 5 atom stereocenters. The molecule has 4 aliphatic heterocycles. The van der Waals surface area contributed by atoms with Gasteiger partial charge in [-0.2, -0.15) is 20.1 Å². The maximum absolute atomic E-state index is 15.5. The fourth-order valence-electron chi connectivity index (χ4n) is 10.1. The summed E-state index contributed by atoms with van der Waals surface area (Å²) >= 11 is 0. The van der Waals surface area contributed by atoms with Crippen LogP contribution < -0.4 is 14.5 Å². The molecule has 3 saturated heterocycles. The number of anilines is 2. The Morgan fingerprint density at radius 1 is 0.857 bits per heavy atom. The summed E-state index contributed by atoms with van der Waals surface area (Å²) in [5, 5.41) is 4.97. The number of amides is 2. The summed E-state index contributed by atoms with van der Waals surface area (Å²) in [6.07, 6.45) is 5.62. The Hall–Kier alpha value is -6.37. The van der Waals surface area contributed by atoms with E-state index in [1.165, 1.54) is 29.1 Å². The first kappa shape index (κ1) is 39.5. The molecule has 5 aliphatic rings. The topological polar surface area (TPSA) is 153 Å². The molecular weight excluding hydrogens is 818 g/mol. The summed E-state index contributed by atoms with van der Waals surface area (Å²) in [4.78, 5) is 60.7. The predicted molar refractivity (Wildman–Crippen MR) is 224 cm³/mol. The molecule has 11 rings (SSSR count). The Morgan fingerprint density at radius 2 is 1.70 bits per heavy atom. The van der Waals surface area contributed by atoms with E-state index in [0.717, 1.165) is 37.9 Å². The zero-order valence-corrected chi connectivity index (χ0v) is 35.0. The third-order valence-corrected chi connectivity index (χ3v) is 13.2. The number of carbonyl (C=O) groups is 2. The number of imidazole rings is 1. The molecule has 4 aromatic heterocycles. The lowest BCUT2D eigenvalue weighted by atomic mass is 10.0. The van der Waals surface area contributed by atoms with E-state index in [2.05, 4.69) is 10.1 Å². The Kier molecular flexibility index (Phi) is 9.50. The van der Waals surface area contributed by atoms with Crippen LogP contribution in [0.5, 0.6) is 6.01 Å². The molecule has 0 radical (unpaired) electrons. The van der Waals surface area contributed by atoms with Gasteiger partial charge in [-0.25, -0.2) is 27.8 Å². The molecule has 16 nitrogen and oxygen atoms in total. The molecule has 1 saturated carbocycles. The van der Waals surface area contributed by atoms with Crippen molar-refractivity contribution in [2.45, 2.75) is 82.8 Å². The lowest BCUT2D eigenvalue weighted by Gasteiger charge is -2.33. The van der Waals surface area contributed by atoms with Crippen molar-refractivity contribution in [1.82, 2.24) is 49.1 Å². The fourth-order valence-corrected chi connectivity index (χ4v) is 10.1. The average molecular weight is 863 g/mol. The second-order valence-electron chi connectivity index (χ2n) is 17.3. The first-order valence-electron chi connectivity index (χ1n) is 21.6. The largest absolute Gasteiger partial charge is 0.458 e. The molecule has 6 aromatic rings. The molecule has 2 aromatic carbocycles. The molecule has 0 spiro atoms. The Labute approximate surface area is 359 Å². The van der Waals surface area contributed by atoms with E-state index in [4.69, 9.17) is 29.4 Å². The highest BCUT2D eigenvalue weighted by molar-refractivity contribution is 5.95. The van der Waals surface area contributed by atoms with Crippen LogP contribution in [0.15, 0.2) is 48.8 Å². The molecule has 2 amide bonds. The molecule has 63 heavy (non-hydrogen) atoms. The molecule has 1 unspecified atom stereocenters. The third-order valence-electron chi connectivity index (χ3n) is 13.2. The van der Waals surface area contributed by atoms with E-state index in [9.17, 15) is 14.0 Å². The van der Waals surface area contributed by atoms with Crippen LogP contribution in [0.1, 0.15) is 44.9 Å². The van der Waals surface area contributed by atoms with Crippen molar-refractivity contribution in [2.75, 3.05) is 49.6 Å². The number of hydrogen-bond acceptors (Lipinski definition) is 12. The van der Waals surface area contributed by atoms with Gasteiger partial charge in [-0.15, -0.1) is 0 Å². The van der Waals surface area contributed by atoms with Gasteiger partial charge in [0.15, 0.2) is 11.5 Å². The lowest BCUT2D eigenvalue weighted by Crippen LogP contribution is -2.48. The Morgan fingerprint density at radius 3 is 2.51 bits per heavy atom. The van der Waals surface area contributed by atoms with Crippen LogP contribution in [0.25, 0.3) is 39.0 Å². The van der Waals surface area contributed by atoms with Crippen molar-refractivity contribution in [2.24, 2.45) is 5.92 Å². The van der Waals surface area contributed by atoms with E-state index >= 15 is 8.78 Å². The fraction of sp³-hybridized carbons (Fsp3) is 0.455. The normalized spacial score (nSPS) is 24.0. The quantitative estimate of drug-likeness (QED) is 0.225. The minimum absolute atomic E-state index is 0.0303. The van der Waals surface area contributed by atoms with Gasteiger partial charge < -0.3 is 33.6 Å². The zero-order valence-electron chi connectivity index (χ0n) is 35.0. The average Bonchev–Trinajstić information content (AvgIpc) is 3.55. The van der Waals surface area contributed by atoms with Crippen LogP contribution in [-0.2, 0) is 20.9 Å². The van der Waals surface area contributed by atoms with E-state index in [1.807, 2.05) is 33.1 Å². The van der Waals surface area contributed by atoms with Gasteiger partial charge in [0.25, 0.3) is 0 Å². The van der Waals surface area contributed by atoms with Crippen LogP contribution in [-0.4, -0.2) is 131 Å². The molecule has 4 fully saturated rings. The monoisotopic (exact) mass is 862 g/mol. The number of halogens is 3. The third kappa shape index (κ3) is 6.87. The van der Waals surface area contributed by atoms with Crippen molar-refractivity contribution in [3.05, 3.63) is 72.1 Å². The smallest absolute Gasteiger partial charge is 0.317 e. The summed E-state index contributed by atoms with van der Waals surface area (Å²) in [7, 11) is 1.73. The number of ether oxygens (including phenoxy) is 2. The molecular formula is C44H45F3N12O4. The summed E-state index contributed by atoms with van der Waals surface area (Å²) in [5.74, 6) is -0.804. The number of aryl methyl sites for hydroxylation is 1. The molecule has 6 bridgehead atoms. The number of nitrogens with zero attached hydrogens (tertiary/aromatic N) is 12. The van der Waals surface area contributed by atoms with Gasteiger partial charge >= 0.3 is 6.01 Å². The Bertz CT molecular complexity index is 2810. The number of likely N-dealkylation sites (tertiary alicyclic amines) is 1. The molecule has 8 heterocycles. The van der Waals surface area contributed by atoms with Gasteiger partial charge in [0.05, 0.1) is 47.5 Å². The second kappa shape index (κ2) is 15.2. The number of aromatic nitrogens is 8. The Balaban J connectivity index is 1.04. The predicted octanol–water partition coefficient (Wildman–Crippen LogP) is 4.84. The SMILES string of the molecule is CCO[C@H]1CN(C)C(=O)[C@@H]2C[C@@H](CN2c2nc(N3CC4CCN(C5CC5)C(=O)[C@H]3C4)nc3c2cnn3-c2ccc(F)cc2F)Oc2nccc(n2)-c2cc(F)cc3nc(C)n(c23)C1. The number of carbonyl (C=O) groups excluding carboxylic acids is 2. The van der Waals surface area contributed by atoms with Crippen LogP contribution in [0, 0.1) is 30.3 Å². The van der Waals surface area contributed by atoms with Gasteiger partial charge in [-0.3, -0.25) is 9.59 Å². The van der Waals surface area contributed by atoms with Gasteiger partial charge in [0.2, 0.25) is 17.8 Å². The van der Waals surface area contributed by atoms with E-state index in [1.54, 1.807) is 24.2 Å². The number of fused-ring (bicyclic) bond motifs is 8. The molecule has 326 valence electrons. The van der Waals surface area contributed by atoms with E-state index < -0.39 is 41.7 Å². The van der Waals surface area contributed by atoms with Crippen LogP contribution in [0.4, 0.5) is 24.9 Å². The second-order valence-corrected chi connectivity index (χ2v) is 17.3. The molecule has 1 aliphatic carbocycles. The highest BCUT2D eigenvalue weighted by atomic mass is 19.1. The number of benzene rings is 2. The maximum Gasteiger partial charge on any atom is 0.317 e. The van der Waals surface area contributed by atoms with Crippen molar-refractivity contribution in [3.63, 3.8) is 0 Å². The van der Waals surface area contributed by atoms with Gasteiger partial charge in [-0.1, -0.05) is 0 Å². The van der Waals surface area contributed by atoms with Crippen LogP contribution in [0.3, 0.4) is 0 Å². The minimum atomic E-state index is -0.842. The lowest BCUT2D eigenvalue weighted by molar-refractivity contribution is -0.133.